The van der Waals surface area contributed by atoms with E-state index in [4.69, 9.17) is 4.74 Å². The maximum Gasteiger partial charge on any atom is 0.261 e. The van der Waals surface area contributed by atoms with Gasteiger partial charge in [0.25, 0.3) is 5.91 Å². The molecule has 0 bridgehead atoms. The molecule has 0 saturated heterocycles. The van der Waals surface area contributed by atoms with E-state index in [1.807, 2.05) is 80.6 Å². The van der Waals surface area contributed by atoms with Crippen LogP contribution in [-0.2, 0) is 16.1 Å². The van der Waals surface area contributed by atoms with Crippen molar-refractivity contribution in [3.05, 3.63) is 76.8 Å². The van der Waals surface area contributed by atoms with Crippen molar-refractivity contribution in [1.82, 2.24) is 10.2 Å². The first-order valence-corrected chi connectivity index (χ1v) is 11.1. The monoisotopic (exact) mass is 482 g/mol. The van der Waals surface area contributed by atoms with Crippen molar-refractivity contribution in [2.45, 2.75) is 39.4 Å². The molecule has 0 aliphatic carbocycles. The predicted molar refractivity (Wildman–Crippen MR) is 127 cm³/mol. The lowest BCUT2D eigenvalue weighted by atomic mass is 10.1. The molecule has 1 atom stereocenters. The van der Waals surface area contributed by atoms with Crippen molar-refractivity contribution >= 4 is 38.5 Å². The van der Waals surface area contributed by atoms with Gasteiger partial charge in [0.1, 0.15) is 11.8 Å². The fourth-order valence-corrected chi connectivity index (χ4v) is 3.81. The molecule has 0 saturated carbocycles. The lowest BCUT2D eigenvalue weighted by Gasteiger charge is -2.29. The number of ether oxygens (including phenoxy) is 1. The van der Waals surface area contributed by atoms with Gasteiger partial charge in [0.15, 0.2) is 6.61 Å². The Bertz CT molecular complexity index is 1060. The molecule has 0 fully saturated rings. The first-order valence-electron chi connectivity index (χ1n) is 10.3. The molecule has 6 heteroatoms. The van der Waals surface area contributed by atoms with E-state index in [-0.39, 0.29) is 24.5 Å². The van der Waals surface area contributed by atoms with Crippen LogP contribution in [0.3, 0.4) is 0 Å². The zero-order valence-corrected chi connectivity index (χ0v) is 19.6. The first kappa shape index (κ1) is 22.8. The highest BCUT2D eigenvalue weighted by Crippen LogP contribution is 2.25. The molecule has 3 rings (SSSR count). The third-order valence-corrected chi connectivity index (χ3v) is 5.43. The second-order valence-corrected chi connectivity index (χ2v) is 8.67. The van der Waals surface area contributed by atoms with Gasteiger partial charge in [0.05, 0.1) is 0 Å². The van der Waals surface area contributed by atoms with Gasteiger partial charge < -0.3 is 15.0 Å². The van der Waals surface area contributed by atoms with E-state index < -0.39 is 6.04 Å². The molecule has 3 aromatic rings. The van der Waals surface area contributed by atoms with E-state index in [1.54, 1.807) is 11.8 Å². The highest BCUT2D eigenvalue weighted by atomic mass is 79.9. The van der Waals surface area contributed by atoms with Crippen LogP contribution in [0.4, 0.5) is 0 Å². The Morgan fingerprint density at radius 1 is 1.00 bits per heavy atom. The van der Waals surface area contributed by atoms with Crippen LogP contribution in [0, 0.1) is 0 Å². The lowest BCUT2D eigenvalue weighted by Crippen LogP contribution is -2.50. The van der Waals surface area contributed by atoms with Gasteiger partial charge >= 0.3 is 0 Å². The summed E-state index contributed by atoms with van der Waals surface area (Å²) in [5, 5.41) is 4.88. The van der Waals surface area contributed by atoms with Gasteiger partial charge in [0, 0.05) is 22.4 Å². The van der Waals surface area contributed by atoms with E-state index in [0.717, 1.165) is 20.8 Å². The topological polar surface area (TPSA) is 58.6 Å². The van der Waals surface area contributed by atoms with Crippen LogP contribution in [0.5, 0.6) is 5.75 Å². The normalized spacial score (nSPS) is 11.9. The summed E-state index contributed by atoms with van der Waals surface area (Å²) in [5.74, 6) is 0.205. The Morgan fingerprint density at radius 2 is 1.71 bits per heavy atom. The zero-order chi connectivity index (χ0) is 22.4. The van der Waals surface area contributed by atoms with Crippen molar-refractivity contribution in [3.8, 4) is 5.75 Å². The number of carbonyl (C=O) groups excluding carboxylic acids is 2. The van der Waals surface area contributed by atoms with Gasteiger partial charge in [0.2, 0.25) is 5.91 Å². The minimum Gasteiger partial charge on any atom is -0.483 e. The minimum absolute atomic E-state index is 0.00953. The smallest absolute Gasteiger partial charge is 0.261 e. The molecule has 0 radical (unpaired) electrons. The fourth-order valence-electron chi connectivity index (χ4n) is 3.36. The minimum atomic E-state index is -0.634. The number of hydrogen-bond acceptors (Lipinski definition) is 3. The molecule has 0 aliphatic rings. The number of carbonyl (C=O) groups is 2. The summed E-state index contributed by atoms with van der Waals surface area (Å²) in [6.07, 6.45) is 0. The first-order chi connectivity index (χ1) is 14.8. The number of nitrogens with zero attached hydrogens (tertiary/aromatic N) is 1. The summed E-state index contributed by atoms with van der Waals surface area (Å²) in [7, 11) is 0. The van der Waals surface area contributed by atoms with Crippen molar-refractivity contribution in [2.24, 2.45) is 0 Å². The third-order valence-electron chi connectivity index (χ3n) is 4.94. The Kier molecular flexibility index (Phi) is 7.69. The molecule has 31 heavy (non-hydrogen) atoms. The molecular weight excluding hydrogens is 456 g/mol. The van der Waals surface area contributed by atoms with Gasteiger partial charge in [-0.25, -0.2) is 0 Å². The number of hydrogen-bond donors (Lipinski definition) is 1. The number of nitrogens with one attached hydrogen (secondary N) is 1. The van der Waals surface area contributed by atoms with Crippen LogP contribution in [-0.4, -0.2) is 35.4 Å². The highest BCUT2D eigenvalue weighted by molar-refractivity contribution is 9.10. The van der Waals surface area contributed by atoms with E-state index in [2.05, 4.69) is 21.2 Å². The standard InChI is InChI=1S/C25H27BrN2O3/c1-17(2)27-25(30)18(3)28(15-19-8-6-11-21(26)14-19)24(29)16-31-23-13-7-10-20-9-4-5-12-22(20)23/h4-14,17-18H,15-16H2,1-3H3,(H,27,30). The molecule has 3 aromatic carbocycles. The second-order valence-electron chi connectivity index (χ2n) is 7.76. The summed E-state index contributed by atoms with van der Waals surface area (Å²) in [6.45, 7) is 5.69. The highest BCUT2D eigenvalue weighted by Gasteiger charge is 2.27. The number of rotatable bonds is 8. The van der Waals surface area contributed by atoms with Crippen molar-refractivity contribution in [3.63, 3.8) is 0 Å². The van der Waals surface area contributed by atoms with Gasteiger partial charge in [-0.05, 0) is 49.9 Å². The second kappa shape index (κ2) is 10.4. The van der Waals surface area contributed by atoms with E-state index in [9.17, 15) is 9.59 Å². The number of halogens is 1. The summed E-state index contributed by atoms with van der Waals surface area (Å²) < 4.78 is 6.82. The quantitative estimate of drug-likeness (QED) is 0.495. The number of benzene rings is 3. The van der Waals surface area contributed by atoms with E-state index >= 15 is 0 Å². The Hall–Kier alpha value is -2.86. The number of amides is 2. The van der Waals surface area contributed by atoms with E-state index in [1.165, 1.54) is 0 Å². The Balaban J connectivity index is 1.79. The SMILES string of the molecule is CC(C)NC(=O)C(C)N(Cc1cccc(Br)c1)C(=O)COc1cccc2ccccc12. The molecule has 5 nitrogen and oxygen atoms in total. The van der Waals surface area contributed by atoms with Crippen molar-refractivity contribution < 1.29 is 14.3 Å². The molecule has 2 amide bonds. The van der Waals surface area contributed by atoms with E-state index in [0.29, 0.717) is 12.3 Å². The maximum absolute atomic E-state index is 13.2. The van der Waals surface area contributed by atoms with Gasteiger partial charge in [-0.2, -0.15) is 0 Å². The predicted octanol–water partition coefficient (Wildman–Crippen LogP) is 4.92. The molecule has 0 aliphatic heterocycles. The van der Waals surface area contributed by atoms with Crippen molar-refractivity contribution in [1.29, 1.82) is 0 Å². The number of fused-ring (bicyclic) bond motifs is 1. The molecular formula is C25H27BrN2O3. The maximum atomic E-state index is 13.2. The van der Waals surface area contributed by atoms with Crippen LogP contribution in [0.15, 0.2) is 71.2 Å². The largest absolute Gasteiger partial charge is 0.483 e. The average molecular weight is 483 g/mol. The van der Waals surface area contributed by atoms with Gasteiger partial charge in [-0.1, -0.05) is 64.5 Å². The van der Waals surface area contributed by atoms with Crippen molar-refractivity contribution in [2.75, 3.05) is 6.61 Å². The summed E-state index contributed by atoms with van der Waals surface area (Å²) >= 11 is 3.46. The van der Waals surface area contributed by atoms with Crippen LogP contribution >= 0.6 is 15.9 Å². The third kappa shape index (κ3) is 6.07. The van der Waals surface area contributed by atoms with Crippen LogP contribution < -0.4 is 10.1 Å². The molecule has 1 N–H and O–H groups in total. The average Bonchev–Trinajstić information content (AvgIpc) is 2.75. The molecule has 0 aromatic heterocycles. The lowest BCUT2D eigenvalue weighted by molar-refractivity contribution is -0.142. The molecule has 0 heterocycles. The summed E-state index contributed by atoms with van der Waals surface area (Å²) in [4.78, 5) is 27.4. The summed E-state index contributed by atoms with van der Waals surface area (Å²) in [6, 6.07) is 20.7. The Labute approximate surface area is 191 Å². The summed E-state index contributed by atoms with van der Waals surface area (Å²) in [5.41, 5.74) is 0.928. The molecule has 1 unspecified atom stereocenters. The van der Waals surface area contributed by atoms with Gasteiger partial charge in [-0.3, -0.25) is 9.59 Å². The van der Waals surface area contributed by atoms with Crippen LogP contribution in [0.1, 0.15) is 26.3 Å². The van der Waals surface area contributed by atoms with Crippen LogP contribution in [0.25, 0.3) is 10.8 Å². The molecule has 0 spiro atoms. The zero-order valence-electron chi connectivity index (χ0n) is 18.0. The van der Waals surface area contributed by atoms with Gasteiger partial charge in [-0.15, -0.1) is 0 Å². The van der Waals surface area contributed by atoms with Crippen LogP contribution in [0.2, 0.25) is 0 Å². The molecule has 162 valence electrons. The fraction of sp³-hybridized carbons (Fsp3) is 0.280. The Morgan fingerprint density at radius 3 is 2.45 bits per heavy atom.